The first-order chi connectivity index (χ1) is 7.21. The first-order valence-electron chi connectivity index (χ1n) is 4.87. The largest absolute Gasteiger partial charge is 0.380 e. The first-order valence-corrected chi connectivity index (χ1v) is 5.25. The number of nitrogens with two attached hydrogens (primary N) is 1. The Bertz CT molecular complexity index is 367. The molecule has 15 heavy (non-hydrogen) atoms. The lowest BCUT2D eigenvalue weighted by atomic mass is 10.1. The van der Waals surface area contributed by atoms with E-state index in [2.05, 4.69) is 11.4 Å². The monoisotopic (exact) mass is 223 g/mol. The second-order valence-electron chi connectivity index (χ2n) is 3.29. The molecule has 3 nitrogen and oxygen atoms in total. The molecule has 0 saturated heterocycles. The van der Waals surface area contributed by atoms with Gasteiger partial charge in [-0.05, 0) is 24.6 Å². The second kappa shape index (κ2) is 5.59. The van der Waals surface area contributed by atoms with Crippen molar-refractivity contribution in [2.24, 2.45) is 5.73 Å². The van der Waals surface area contributed by atoms with E-state index in [9.17, 15) is 0 Å². The van der Waals surface area contributed by atoms with E-state index in [1.807, 2.05) is 6.92 Å². The molecule has 0 aromatic heterocycles. The number of benzene rings is 1. The third kappa shape index (κ3) is 3.12. The summed E-state index contributed by atoms with van der Waals surface area (Å²) in [6.45, 7) is 2.59. The summed E-state index contributed by atoms with van der Waals surface area (Å²) < 4.78 is 0. The zero-order chi connectivity index (χ0) is 11.3. The minimum atomic E-state index is 0.193. The second-order valence-corrected chi connectivity index (χ2v) is 3.72. The van der Waals surface area contributed by atoms with Crippen LogP contribution >= 0.6 is 11.6 Å². The van der Waals surface area contributed by atoms with Crippen LogP contribution in [-0.4, -0.2) is 12.6 Å². The number of rotatable bonds is 4. The molecule has 0 amide bonds. The summed E-state index contributed by atoms with van der Waals surface area (Å²) in [6.07, 6.45) is 0.921. The molecular weight excluding hydrogens is 210 g/mol. The SMILES string of the molecule is CCC(CN)Nc1ccc(Cl)cc1C#N. The van der Waals surface area contributed by atoms with Crippen molar-refractivity contribution in [2.75, 3.05) is 11.9 Å². The maximum absolute atomic E-state index is 8.92. The lowest BCUT2D eigenvalue weighted by molar-refractivity contribution is 0.703. The molecule has 1 atom stereocenters. The summed E-state index contributed by atoms with van der Waals surface area (Å²) in [4.78, 5) is 0. The zero-order valence-corrected chi connectivity index (χ0v) is 9.38. The summed E-state index contributed by atoms with van der Waals surface area (Å²) >= 11 is 5.80. The highest BCUT2D eigenvalue weighted by molar-refractivity contribution is 6.30. The quantitative estimate of drug-likeness (QED) is 0.824. The van der Waals surface area contributed by atoms with Gasteiger partial charge in [0.25, 0.3) is 0 Å². The van der Waals surface area contributed by atoms with Crippen molar-refractivity contribution < 1.29 is 0 Å². The van der Waals surface area contributed by atoms with E-state index < -0.39 is 0 Å². The molecule has 0 bridgehead atoms. The average Bonchev–Trinajstić information content (AvgIpc) is 2.27. The smallest absolute Gasteiger partial charge is 0.101 e. The van der Waals surface area contributed by atoms with Crippen LogP contribution in [0, 0.1) is 11.3 Å². The molecule has 0 aliphatic carbocycles. The molecule has 0 radical (unpaired) electrons. The van der Waals surface area contributed by atoms with Crippen LogP contribution in [0.2, 0.25) is 5.02 Å². The molecule has 0 saturated carbocycles. The molecule has 1 rings (SSSR count). The molecule has 80 valence electrons. The highest BCUT2D eigenvalue weighted by Gasteiger charge is 2.07. The Morgan fingerprint density at radius 3 is 2.87 bits per heavy atom. The van der Waals surface area contributed by atoms with Gasteiger partial charge in [-0.25, -0.2) is 0 Å². The van der Waals surface area contributed by atoms with Gasteiger partial charge in [0.1, 0.15) is 6.07 Å². The molecule has 0 aliphatic heterocycles. The Morgan fingerprint density at radius 1 is 1.60 bits per heavy atom. The van der Waals surface area contributed by atoms with Gasteiger partial charge in [0.05, 0.1) is 11.3 Å². The highest BCUT2D eigenvalue weighted by Crippen LogP contribution is 2.20. The van der Waals surface area contributed by atoms with Gasteiger partial charge in [-0.3, -0.25) is 0 Å². The topological polar surface area (TPSA) is 61.8 Å². The molecule has 0 spiro atoms. The van der Waals surface area contributed by atoms with E-state index in [0.717, 1.165) is 12.1 Å². The average molecular weight is 224 g/mol. The third-order valence-corrected chi connectivity index (χ3v) is 2.47. The maximum atomic E-state index is 8.92. The normalized spacial score (nSPS) is 11.9. The summed E-state index contributed by atoms with van der Waals surface area (Å²) in [5, 5.41) is 12.7. The predicted molar refractivity (Wildman–Crippen MR) is 62.9 cm³/mol. The van der Waals surface area contributed by atoms with Crippen molar-refractivity contribution in [3.63, 3.8) is 0 Å². The van der Waals surface area contributed by atoms with Crippen LogP contribution in [0.3, 0.4) is 0 Å². The van der Waals surface area contributed by atoms with E-state index >= 15 is 0 Å². The Balaban J connectivity index is 2.90. The van der Waals surface area contributed by atoms with Gasteiger partial charge in [0.15, 0.2) is 0 Å². The van der Waals surface area contributed by atoms with Gasteiger partial charge in [0, 0.05) is 17.6 Å². The fourth-order valence-corrected chi connectivity index (χ4v) is 1.45. The number of halogens is 1. The fourth-order valence-electron chi connectivity index (χ4n) is 1.28. The standard InChI is InChI=1S/C11H14ClN3/c1-2-10(7-14)15-11-4-3-9(12)5-8(11)6-13/h3-5,10,15H,2,7,14H2,1H3. The van der Waals surface area contributed by atoms with Crippen LogP contribution in [0.4, 0.5) is 5.69 Å². The third-order valence-electron chi connectivity index (χ3n) is 2.24. The number of hydrogen-bond donors (Lipinski definition) is 2. The van der Waals surface area contributed by atoms with Gasteiger partial charge in [-0.1, -0.05) is 18.5 Å². The van der Waals surface area contributed by atoms with E-state index in [-0.39, 0.29) is 6.04 Å². The van der Waals surface area contributed by atoms with E-state index in [1.54, 1.807) is 18.2 Å². The van der Waals surface area contributed by atoms with Gasteiger partial charge in [0.2, 0.25) is 0 Å². The summed E-state index contributed by atoms with van der Waals surface area (Å²) in [6, 6.07) is 7.50. The van der Waals surface area contributed by atoms with Crippen LogP contribution in [-0.2, 0) is 0 Å². The minimum Gasteiger partial charge on any atom is -0.380 e. The van der Waals surface area contributed by atoms with Crippen molar-refractivity contribution >= 4 is 17.3 Å². The van der Waals surface area contributed by atoms with Crippen LogP contribution in [0.1, 0.15) is 18.9 Å². The van der Waals surface area contributed by atoms with Crippen LogP contribution < -0.4 is 11.1 Å². The first kappa shape index (κ1) is 11.8. The zero-order valence-electron chi connectivity index (χ0n) is 8.63. The Labute approximate surface area is 94.8 Å². The van der Waals surface area contributed by atoms with Gasteiger partial charge < -0.3 is 11.1 Å². The van der Waals surface area contributed by atoms with Crippen molar-refractivity contribution in [3.8, 4) is 6.07 Å². The Morgan fingerprint density at radius 2 is 2.33 bits per heavy atom. The van der Waals surface area contributed by atoms with E-state index in [0.29, 0.717) is 17.1 Å². The fraction of sp³-hybridized carbons (Fsp3) is 0.364. The van der Waals surface area contributed by atoms with Crippen molar-refractivity contribution in [2.45, 2.75) is 19.4 Å². The highest BCUT2D eigenvalue weighted by atomic mass is 35.5. The predicted octanol–water partition coefficient (Wildman–Crippen LogP) is 2.36. The maximum Gasteiger partial charge on any atom is 0.101 e. The van der Waals surface area contributed by atoms with E-state index in [1.165, 1.54) is 0 Å². The lowest BCUT2D eigenvalue weighted by Gasteiger charge is -2.16. The molecule has 3 N–H and O–H groups in total. The number of nitrogens with zero attached hydrogens (tertiary/aromatic N) is 1. The number of nitrogens with one attached hydrogen (secondary N) is 1. The summed E-state index contributed by atoms with van der Waals surface area (Å²) in [5.74, 6) is 0. The minimum absolute atomic E-state index is 0.193. The van der Waals surface area contributed by atoms with Crippen LogP contribution in [0.5, 0.6) is 0 Å². The van der Waals surface area contributed by atoms with Crippen LogP contribution in [0.15, 0.2) is 18.2 Å². The lowest BCUT2D eigenvalue weighted by Crippen LogP contribution is -2.28. The molecular formula is C11H14ClN3. The van der Waals surface area contributed by atoms with Crippen molar-refractivity contribution in [1.82, 2.24) is 0 Å². The summed E-state index contributed by atoms with van der Waals surface area (Å²) in [5.41, 5.74) is 6.92. The molecule has 0 heterocycles. The van der Waals surface area contributed by atoms with E-state index in [4.69, 9.17) is 22.6 Å². The van der Waals surface area contributed by atoms with Crippen molar-refractivity contribution in [1.29, 1.82) is 5.26 Å². The van der Waals surface area contributed by atoms with Gasteiger partial charge in [-0.2, -0.15) is 5.26 Å². The number of hydrogen-bond acceptors (Lipinski definition) is 3. The molecule has 0 aliphatic rings. The summed E-state index contributed by atoms with van der Waals surface area (Å²) in [7, 11) is 0. The van der Waals surface area contributed by atoms with Crippen LogP contribution in [0.25, 0.3) is 0 Å². The molecule has 4 heteroatoms. The van der Waals surface area contributed by atoms with Gasteiger partial charge in [-0.15, -0.1) is 0 Å². The number of anilines is 1. The Hall–Kier alpha value is -1.24. The Kier molecular flexibility index (Phi) is 4.41. The molecule has 1 unspecified atom stereocenters. The van der Waals surface area contributed by atoms with Crippen molar-refractivity contribution in [3.05, 3.63) is 28.8 Å². The molecule has 1 aromatic carbocycles. The number of nitriles is 1. The van der Waals surface area contributed by atoms with Gasteiger partial charge >= 0.3 is 0 Å². The molecule has 0 fully saturated rings. The molecule has 1 aromatic rings.